The number of rotatable bonds is 43. The fourth-order valence-electron chi connectivity index (χ4n) is 8.73. The molecule has 0 aromatic carbocycles. The van der Waals surface area contributed by atoms with E-state index in [0.29, 0.717) is 12.0 Å². The molecule has 52 heavy (non-hydrogen) atoms. The summed E-state index contributed by atoms with van der Waals surface area (Å²) in [4.78, 5) is 3.79. The molecule has 2 atom stereocenters. The Hall–Kier alpha value is -0.790. The van der Waals surface area contributed by atoms with Crippen LogP contribution in [0.3, 0.4) is 0 Å². The van der Waals surface area contributed by atoms with Crippen molar-refractivity contribution in [1.29, 1.82) is 0 Å². The third kappa shape index (κ3) is 30.5. The summed E-state index contributed by atoms with van der Waals surface area (Å²) in [7, 11) is 0. The Morgan fingerprint density at radius 2 is 0.615 bits per heavy atom. The molecule has 1 N–H and O–H groups in total. The Morgan fingerprint density at radius 1 is 0.365 bits per heavy atom. The van der Waals surface area contributed by atoms with Crippen molar-refractivity contribution in [2.24, 2.45) is 0 Å². The number of H-pyrrole nitrogens is 1. The minimum atomic E-state index is 0.616. The van der Waals surface area contributed by atoms with Crippen molar-refractivity contribution in [3.63, 3.8) is 0 Å². The Labute approximate surface area is 329 Å². The average molecular weight is 728 g/mol. The zero-order valence-corrected chi connectivity index (χ0v) is 36.7. The summed E-state index contributed by atoms with van der Waals surface area (Å²) in [5.74, 6) is 2.25. The maximum absolute atomic E-state index is 3.79. The molecule has 1 heterocycles. The van der Waals surface area contributed by atoms with E-state index in [1.807, 2.05) is 0 Å². The van der Waals surface area contributed by atoms with Crippen LogP contribution in [0.4, 0.5) is 0 Å². The predicted octanol–water partition coefficient (Wildman–Crippen LogP) is 18.0. The lowest BCUT2D eigenvalue weighted by Gasteiger charge is -2.17. The Bertz CT molecular complexity index is 798. The van der Waals surface area contributed by atoms with Crippen LogP contribution in [-0.4, -0.2) is 4.98 Å². The molecule has 0 aliphatic rings. The Morgan fingerprint density at radius 3 is 0.904 bits per heavy atom. The molecule has 308 valence electrons. The third-order valence-corrected chi connectivity index (χ3v) is 12.4. The molecule has 2 nitrogen and oxygen atoms in total. The maximum atomic E-state index is 3.79. The number of nitrogens with zero attached hydrogens (tertiary/aromatic N) is 1. The van der Waals surface area contributed by atoms with E-state index in [4.69, 9.17) is 0 Å². The molecule has 1 rings (SSSR count). The van der Waals surface area contributed by atoms with Crippen molar-refractivity contribution < 1.29 is 4.57 Å². The number of hydrogen-bond donors (Lipinski definition) is 1. The van der Waals surface area contributed by atoms with Gasteiger partial charge in [0.1, 0.15) is 12.4 Å². The molecule has 0 saturated carbocycles. The molecule has 0 aliphatic heterocycles. The van der Waals surface area contributed by atoms with E-state index in [2.05, 4.69) is 49.6 Å². The molecule has 0 bridgehead atoms. The molecule has 0 spiro atoms. The number of aromatic nitrogens is 2. The summed E-state index contributed by atoms with van der Waals surface area (Å²) < 4.78 is 2.66. The van der Waals surface area contributed by atoms with Crippen LogP contribution in [0.2, 0.25) is 0 Å². The highest BCUT2D eigenvalue weighted by Gasteiger charge is 2.25. The largest absolute Gasteiger partial charge is 0.257 e. The number of unbranched alkanes of at least 4 members (excludes halogenated alkanes) is 35. The Balaban J connectivity index is 2.35. The molecule has 2 unspecified atom stereocenters. The van der Waals surface area contributed by atoms with Crippen LogP contribution in [0.1, 0.15) is 309 Å². The third-order valence-electron chi connectivity index (χ3n) is 12.4. The van der Waals surface area contributed by atoms with Crippen LogP contribution in [0.5, 0.6) is 0 Å². The first-order valence-electron chi connectivity index (χ1n) is 24.8. The fourth-order valence-corrected chi connectivity index (χ4v) is 8.73. The van der Waals surface area contributed by atoms with E-state index in [0.717, 1.165) is 0 Å². The minimum absolute atomic E-state index is 0.616. The van der Waals surface area contributed by atoms with Crippen molar-refractivity contribution in [2.45, 2.75) is 303 Å². The van der Waals surface area contributed by atoms with E-state index in [9.17, 15) is 0 Å². The smallest absolute Gasteiger partial charge is 0.247 e. The van der Waals surface area contributed by atoms with E-state index < -0.39 is 0 Å². The standard InChI is InChI=1S/C50H98N2/c1-5-8-11-14-17-20-22-24-25-26-28-30-33-36-39-42-45-49(44-41-38-35-32-29-27-23-21-18-15-12-9-6-2)50-51-46-47-52(50)48(4)43-40-37-34-31-19-16-13-10-7-3/h46-49H,5-45H2,1-4H3/p+1. The number of nitrogens with one attached hydrogen (secondary N) is 1. The fraction of sp³-hybridized carbons (Fsp3) is 0.940. The molecule has 0 aliphatic carbocycles. The van der Waals surface area contributed by atoms with Crippen LogP contribution in [0.25, 0.3) is 0 Å². The van der Waals surface area contributed by atoms with E-state index >= 15 is 0 Å². The normalized spacial score (nSPS) is 12.9. The summed E-state index contributed by atoms with van der Waals surface area (Å²) >= 11 is 0. The van der Waals surface area contributed by atoms with Crippen LogP contribution >= 0.6 is 0 Å². The van der Waals surface area contributed by atoms with Crippen LogP contribution < -0.4 is 4.57 Å². The van der Waals surface area contributed by atoms with E-state index in [-0.39, 0.29) is 0 Å². The van der Waals surface area contributed by atoms with Crippen LogP contribution in [0, 0.1) is 0 Å². The van der Waals surface area contributed by atoms with Crippen molar-refractivity contribution in [1.82, 2.24) is 4.98 Å². The number of hydrogen-bond acceptors (Lipinski definition) is 0. The monoisotopic (exact) mass is 728 g/mol. The van der Waals surface area contributed by atoms with Gasteiger partial charge in [0.2, 0.25) is 0 Å². The van der Waals surface area contributed by atoms with Gasteiger partial charge in [-0.15, -0.1) is 0 Å². The lowest BCUT2D eigenvalue weighted by Crippen LogP contribution is -2.41. The van der Waals surface area contributed by atoms with Gasteiger partial charge in [0.05, 0.1) is 12.0 Å². The van der Waals surface area contributed by atoms with E-state index in [1.165, 1.54) is 263 Å². The Kier molecular flexibility index (Phi) is 37.8. The van der Waals surface area contributed by atoms with Gasteiger partial charge in [0.25, 0.3) is 5.82 Å². The predicted molar refractivity (Wildman–Crippen MR) is 235 cm³/mol. The average Bonchev–Trinajstić information content (AvgIpc) is 3.65. The molecule has 0 radical (unpaired) electrons. The van der Waals surface area contributed by atoms with Crippen molar-refractivity contribution in [3.05, 3.63) is 18.2 Å². The van der Waals surface area contributed by atoms with Crippen molar-refractivity contribution in [3.8, 4) is 0 Å². The highest BCUT2D eigenvalue weighted by molar-refractivity contribution is 4.90. The molecular weight excluding hydrogens is 629 g/mol. The van der Waals surface area contributed by atoms with Gasteiger partial charge in [-0.3, -0.25) is 0 Å². The lowest BCUT2D eigenvalue weighted by atomic mass is 9.92. The van der Waals surface area contributed by atoms with Gasteiger partial charge < -0.3 is 0 Å². The summed E-state index contributed by atoms with van der Waals surface area (Å²) in [6.45, 7) is 9.44. The first-order chi connectivity index (χ1) is 25.7. The molecule has 1 aromatic heterocycles. The molecule has 0 fully saturated rings. The first-order valence-corrected chi connectivity index (χ1v) is 24.8. The molecule has 0 saturated heterocycles. The van der Waals surface area contributed by atoms with Gasteiger partial charge in [-0.1, -0.05) is 258 Å². The van der Waals surface area contributed by atoms with Gasteiger partial charge in [0.15, 0.2) is 0 Å². The van der Waals surface area contributed by atoms with Gasteiger partial charge in [-0.25, -0.2) is 9.55 Å². The van der Waals surface area contributed by atoms with E-state index in [1.54, 1.807) is 5.82 Å². The molecule has 1 aromatic rings. The highest BCUT2D eigenvalue weighted by atomic mass is 15.1. The van der Waals surface area contributed by atoms with Crippen molar-refractivity contribution in [2.75, 3.05) is 0 Å². The number of imidazole rings is 1. The van der Waals surface area contributed by atoms with Crippen molar-refractivity contribution >= 4 is 0 Å². The zero-order valence-electron chi connectivity index (χ0n) is 36.7. The van der Waals surface area contributed by atoms with Crippen LogP contribution in [-0.2, 0) is 0 Å². The molecule has 2 heteroatoms. The number of aromatic amines is 1. The highest BCUT2D eigenvalue weighted by Crippen LogP contribution is 2.28. The summed E-state index contributed by atoms with van der Waals surface area (Å²) in [5.41, 5.74) is 0. The van der Waals surface area contributed by atoms with Gasteiger partial charge in [-0.05, 0) is 32.6 Å². The second-order valence-corrected chi connectivity index (χ2v) is 17.5. The summed E-state index contributed by atoms with van der Waals surface area (Å²) in [5, 5.41) is 0. The molecular formula is C50H99N2+. The second-order valence-electron chi connectivity index (χ2n) is 17.5. The SMILES string of the molecule is CCCCCCCCCCCCCCCCCCC(CCCCCCCCCCCCCCC)c1[nH]cc[n+]1C(C)CCCCCCCCCCC. The minimum Gasteiger partial charge on any atom is -0.247 e. The summed E-state index contributed by atoms with van der Waals surface area (Å²) in [6, 6.07) is 0.616. The lowest BCUT2D eigenvalue weighted by molar-refractivity contribution is -0.727. The van der Waals surface area contributed by atoms with Gasteiger partial charge in [0, 0.05) is 0 Å². The second kappa shape index (κ2) is 39.9. The summed E-state index contributed by atoms with van der Waals surface area (Å²) in [6.07, 6.45) is 63.6. The molecule has 0 amide bonds. The quantitative estimate of drug-likeness (QED) is 0.0510. The topological polar surface area (TPSA) is 19.7 Å². The van der Waals surface area contributed by atoms with Gasteiger partial charge in [-0.2, -0.15) is 0 Å². The first kappa shape index (κ1) is 49.2. The maximum Gasteiger partial charge on any atom is 0.257 e. The van der Waals surface area contributed by atoms with Crippen LogP contribution in [0.15, 0.2) is 12.4 Å². The zero-order chi connectivity index (χ0) is 37.4. The van der Waals surface area contributed by atoms with Gasteiger partial charge >= 0.3 is 0 Å².